The Morgan fingerprint density at radius 1 is 1.14 bits per heavy atom. The van der Waals surface area contributed by atoms with E-state index in [-0.39, 0.29) is 30.4 Å². The fourth-order valence-corrected chi connectivity index (χ4v) is 3.98. The molecule has 0 aliphatic carbocycles. The molecule has 1 aliphatic rings. The van der Waals surface area contributed by atoms with Gasteiger partial charge < -0.3 is 9.88 Å². The van der Waals surface area contributed by atoms with Crippen LogP contribution in [0.5, 0.6) is 0 Å². The number of nitrogens with zero attached hydrogens (tertiary/aromatic N) is 1. The monoisotopic (exact) mass is 382 g/mol. The number of halogens is 2. The van der Waals surface area contributed by atoms with Crippen molar-refractivity contribution in [2.75, 3.05) is 6.54 Å². The number of hydrogen-bond acceptors (Lipinski definition) is 2. The Morgan fingerprint density at radius 3 is 2.71 bits per heavy atom. The smallest absolute Gasteiger partial charge is 0.223 e. The lowest BCUT2D eigenvalue weighted by Gasteiger charge is -2.33. The number of para-hydroxylation sites is 1. The Hall–Kier alpha value is -3.02. The zero-order valence-electron chi connectivity index (χ0n) is 15.5. The van der Waals surface area contributed by atoms with E-state index >= 15 is 0 Å². The highest BCUT2D eigenvalue weighted by molar-refractivity contribution is 5.98. The van der Waals surface area contributed by atoms with E-state index in [0.29, 0.717) is 12.6 Å². The summed E-state index contributed by atoms with van der Waals surface area (Å²) in [6, 6.07) is 10.8. The molecule has 2 aromatic carbocycles. The molecule has 144 valence electrons. The van der Waals surface area contributed by atoms with Gasteiger partial charge in [-0.2, -0.15) is 0 Å². The van der Waals surface area contributed by atoms with Gasteiger partial charge in [0, 0.05) is 42.0 Å². The number of amides is 1. The van der Waals surface area contributed by atoms with Crippen molar-refractivity contribution in [1.29, 1.82) is 0 Å². The molecule has 0 fully saturated rings. The molecule has 0 saturated heterocycles. The topological polar surface area (TPSA) is 53.2 Å². The van der Waals surface area contributed by atoms with E-state index in [9.17, 15) is 18.4 Å². The third kappa shape index (κ3) is 3.19. The van der Waals surface area contributed by atoms with Gasteiger partial charge in [0.05, 0.1) is 11.6 Å². The Bertz CT molecular complexity index is 1070. The predicted molar refractivity (Wildman–Crippen MR) is 102 cm³/mol. The second-order valence-electron chi connectivity index (χ2n) is 7.12. The van der Waals surface area contributed by atoms with E-state index in [1.807, 2.05) is 25.1 Å². The van der Waals surface area contributed by atoms with Crippen LogP contribution in [-0.4, -0.2) is 28.1 Å². The van der Waals surface area contributed by atoms with Crippen molar-refractivity contribution in [2.24, 2.45) is 0 Å². The highest BCUT2D eigenvalue weighted by Crippen LogP contribution is 2.34. The highest BCUT2D eigenvalue weighted by atomic mass is 19.1. The fourth-order valence-electron chi connectivity index (χ4n) is 3.98. The zero-order chi connectivity index (χ0) is 19.8. The van der Waals surface area contributed by atoms with Crippen LogP contribution >= 0.6 is 0 Å². The minimum absolute atomic E-state index is 0.00441. The summed E-state index contributed by atoms with van der Waals surface area (Å²) in [6.07, 6.45) is 0.635. The Labute approximate surface area is 161 Å². The van der Waals surface area contributed by atoms with Crippen LogP contribution in [0, 0.1) is 11.6 Å². The minimum atomic E-state index is -0.897. The molecule has 4 nitrogen and oxygen atoms in total. The zero-order valence-corrected chi connectivity index (χ0v) is 15.5. The molecular weight excluding hydrogens is 362 g/mol. The van der Waals surface area contributed by atoms with Crippen LogP contribution in [0.2, 0.25) is 0 Å². The molecule has 1 aromatic heterocycles. The molecule has 0 bridgehead atoms. The second-order valence-corrected chi connectivity index (χ2v) is 7.12. The number of fused-ring (bicyclic) bond motifs is 3. The lowest BCUT2D eigenvalue weighted by molar-refractivity contribution is -0.133. The number of hydrogen-bond donors (Lipinski definition) is 1. The summed E-state index contributed by atoms with van der Waals surface area (Å²) < 4.78 is 26.7. The second kappa shape index (κ2) is 7.19. The van der Waals surface area contributed by atoms with Gasteiger partial charge in [0.15, 0.2) is 5.78 Å². The average molecular weight is 382 g/mol. The van der Waals surface area contributed by atoms with Crippen molar-refractivity contribution >= 4 is 22.6 Å². The molecule has 4 rings (SSSR count). The maximum Gasteiger partial charge on any atom is 0.223 e. The van der Waals surface area contributed by atoms with Crippen molar-refractivity contribution in [3.05, 3.63) is 70.9 Å². The number of benzene rings is 2. The third-order valence-electron chi connectivity index (χ3n) is 5.45. The van der Waals surface area contributed by atoms with Gasteiger partial charge in [-0.3, -0.25) is 9.59 Å². The molecule has 0 radical (unpaired) electrons. The van der Waals surface area contributed by atoms with Crippen molar-refractivity contribution in [2.45, 2.75) is 32.2 Å². The Morgan fingerprint density at radius 2 is 1.93 bits per heavy atom. The van der Waals surface area contributed by atoms with E-state index < -0.39 is 17.4 Å². The number of carbonyl (C=O) groups is 2. The SMILES string of the molecule is C[C@H]1c2[nH]c3ccccc3c2CCN1C(=O)CCC(=O)c1ccc(F)cc1F. The molecule has 0 spiro atoms. The van der Waals surface area contributed by atoms with Crippen molar-refractivity contribution < 1.29 is 18.4 Å². The molecule has 1 amide bonds. The van der Waals surface area contributed by atoms with Crippen molar-refractivity contribution in [1.82, 2.24) is 9.88 Å². The van der Waals surface area contributed by atoms with Gasteiger partial charge >= 0.3 is 0 Å². The van der Waals surface area contributed by atoms with E-state index in [4.69, 9.17) is 0 Å². The number of aromatic nitrogens is 1. The summed E-state index contributed by atoms with van der Waals surface area (Å²) in [4.78, 5) is 30.1. The lowest BCUT2D eigenvalue weighted by atomic mass is 9.97. The average Bonchev–Trinajstić information content (AvgIpc) is 3.06. The first-order valence-corrected chi connectivity index (χ1v) is 9.33. The van der Waals surface area contributed by atoms with Gasteiger partial charge in [0.25, 0.3) is 0 Å². The van der Waals surface area contributed by atoms with Crippen LogP contribution in [0.1, 0.15) is 47.4 Å². The largest absolute Gasteiger partial charge is 0.356 e. The van der Waals surface area contributed by atoms with Gasteiger partial charge in [-0.1, -0.05) is 18.2 Å². The minimum Gasteiger partial charge on any atom is -0.356 e. The maximum atomic E-state index is 13.7. The van der Waals surface area contributed by atoms with E-state index in [0.717, 1.165) is 29.8 Å². The first-order valence-electron chi connectivity index (χ1n) is 9.33. The summed E-state index contributed by atoms with van der Waals surface area (Å²) in [6.45, 7) is 2.54. The molecule has 0 unspecified atom stereocenters. The summed E-state index contributed by atoms with van der Waals surface area (Å²) in [5.74, 6) is -2.28. The fraction of sp³-hybridized carbons (Fsp3) is 0.273. The summed E-state index contributed by atoms with van der Waals surface area (Å²) in [7, 11) is 0. The van der Waals surface area contributed by atoms with E-state index in [1.165, 1.54) is 10.9 Å². The molecule has 3 aromatic rings. The maximum absolute atomic E-state index is 13.7. The molecule has 0 saturated carbocycles. The number of nitrogens with one attached hydrogen (secondary N) is 1. The first kappa shape index (κ1) is 18.3. The van der Waals surface area contributed by atoms with Gasteiger partial charge in [0.1, 0.15) is 11.6 Å². The molecule has 1 N–H and O–H groups in total. The standard InChI is InChI=1S/C22H20F2N2O2/c1-13-22-16(15-4-2-3-5-19(15)25-22)10-11-26(13)21(28)9-8-20(27)17-7-6-14(23)12-18(17)24/h2-7,12-13,25H,8-11H2,1H3/t13-/m0/s1. The summed E-state index contributed by atoms with van der Waals surface area (Å²) in [5, 5.41) is 1.18. The number of aromatic amines is 1. The molecule has 1 atom stereocenters. The molecule has 1 aliphatic heterocycles. The molecular formula is C22H20F2N2O2. The van der Waals surface area contributed by atoms with Gasteiger partial charge in [-0.05, 0) is 37.1 Å². The number of rotatable bonds is 4. The van der Waals surface area contributed by atoms with Crippen molar-refractivity contribution in [3.63, 3.8) is 0 Å². The normalized spacial score (nSPS) is 16.2. The number of carbonyl (C=O) groups excluding carboxylic acids is 2. The van der Waals surface area contributed by atoms with Crippen LogP contribution in [0.15, 0.2) is 42.5 Å². The number of Topliss-reactive ketones (excluding diaryl/α,β-unsaturated/α-hetero) is 1. The van der Waals surface area contributed by atoms with E-state index in [2.05, 4.69) is 11.1 Å². The van der Waals surface area contributed by atoms with Crippen LogP contribution in [-0.2, 0) is 11.2 Å². The summed E-state index contributed by atoms with van der Waals surface area (Å²) in [5.41, 5.74) is 3.13. The highest BCUT2D eigenvalue weighted by Gasteiger charge is 2.30. The van der Waals surface area contributed by atoms with Crippen LogP contribution in [0.25, 0.3) is 10.9 Å². The Kier molecular flexibility index (Phi) is 4.71. The summed E-state index contributed by atoms with van der Waals surface area (Å²) >= 11 is 0. The Balaban J connectivity index is 1.46. The van der Waals surface area contributed by atoms with E-state index in [1.54, 1.807) is 4.90 Å². The molecule has 28 heavy (non-hydrogen) atoms. The van der Waals surface area contributed by atoms with Crippen molar-refractivity contribution in [3.8, 4) is 0 Å². The number of H-pyrrole nitrogens is 1. The molecule has 6 heteroatoms. The van der Waals surface area contributed by atoms with Gasteiger partial charge in [-0.15, -0.1) is 0 Å². The first-order chi connectivity index (χ1) is 13.5. The van der Waals surface area contributed by atoms with Crippen LogP contribution < -0.4 is 0 Å². The quantitative estimate of drug-likeness (QED) is 0.673. The lowest BCUT2D eigenvalue weighted by Crippen LogP contribution is -2.38. The number of ketones is 1. The molecule has 2 heterocycles. The van der Waals surface area contributed by atoms with Gasteiger partial charge in [-0.25, -0.2) is 8.78 Å². The third-order valence-corrected chi connectivity index (χ3v) is 5.45. The van der Waals surface area contributed by atoms with Crippen LogP contribution in [0.4, 0.5) is 8.78 Å². The van der Waals surface area contributed by atoms with Gasteiger partial charge in [0.2, 0.25) is 5.91 Å². The predicted octanol–water partition coefficient (Wildman–Crippen LogP) is 4.55. The van der Waals surface area contributed by atoms with Crippen LogP contribution in [0.3, 0.4) is 0 Å².